The second-order valence-electron chi connectivity index (χ2n) is 3.52. The molecule has 0 radical (unpaired) electrons. The van der Waals surface area contributed by atoms with E-state index in [1.165, 1.54) is 0 Å². The van der Waals surface area contributed by atoms with Crippen molar-refractivity contribution in [3.05, 3.63) is 0 Å². The standard InChI is InChI=1S/C8H17NO3/c1-8(2,3)7(10)9-12-6-5-11-4/h5-6H2,1-4H3,(H,9,10). The molecule has 4 heteroatoms. The maximum Gasteiger partial charge on any atom is 0.248 e. The predicted octanol–water partition coefficient (Wildman–Crippen LogP) is 0.727. The summed E-state index contributed by atoms with van der Waals surface area (Å²) in [6, 6.07) is 0. The van der Waals surface area contributed by atoms with Crippen LogP contribution < -0.4 is 5.48 Å². The normalized spacial score (nSPS) is 11.3. The minimum absolute atomic E-state index is 0.126. The molecule has 0 aliphatic heterocycles. The quantitative estimate of drug-likeness (QED) is 0.506. The van der Waals surface area contributed by atoms with Crippen molar-refractivity contribution in [2.45, 2.75) is 20.8 Å². The molecule has 0 saturated carbocycles. The van der Waals surface area contributed by atoms with Crippen molar-refractivity contribution in [2.75, 3.05) is 20.3 Å². The predicted molar refractivity (Wildman–Crippen MR) is 45.4 cm³/mol. The van der Waals surface area contributed by atoms with E-state index in [9.17, 15) is 4.79 Å². The molecule has 0 aromatic rings. The molecule has 0 spiro atoms. The number of hydroxylamine groups is 1. The zero-order valence-electron chi connectivity index (χ0n) is 8.14. The third kappa shape index (κ3) is 5.09. The molecule has 0 aliphatic rings. The highest BCUT2D eigenvalue weighted by atomic mass is 16.7. The first-order chi connectivity index (χ1) is 5.48. The molecule has 12 heavy (non-hydrogen) atoms. The lowest BCUT2D eigenvalue weighted by Gasteiger charge is -2.16. The van der Waals surface area contributed by atoms with E-state index in [2.05, 4.69) is 5.48 Å². The van der Waals surface area contributed by atoms with Crippen molar-refractivity contribution in [3.8, 4) is 0 Å². The SMILES string of the molecule is COCCONC(=O)C(C)(C)C. The van der Waals surface area contributed by atoms with Crippen LogP contribution in [0.25, 0.3) is 0 Å². The summed E-state index contributed by atoms with van der Waals surface area (Å²) in [7, 11) is 1.58. The molecule has 0 aromatic carbocycles. The van der Waals surface area contributed by atoms with Gasteiger partial charge >= 0.3 is 0 Å². The smallest absolute Gasteiger partial charge is 0.248 e. The maximum absolute atomic E-state index is 11.2. The molecule has 1 N–H and O–H groups in total. The largest absolute Gasteiger partial charge is 0.382 e. The van der Waals surface area contributed by atoms with Crippen LogP contribution >= 0.6 is 0 Å². The monoisotopic (exact) mass is 175 g/mol. The van der Waals surface area contributed by atoms with Gasteiger partial charge in [0.25, 0.3) is 0 Å². The molecule has 0 saturated heterocycles. The molecular formula is C8H17NO3. The number of carbonyl (C=O) groups excluding carboxylic acids is 1. The number of hydrogen-bond donors (Lipinski definition) is 1. The Morgan fingerprint density at radius 3 is 2.33 bits per heavy atom. The third-order valence-corrected chi connectivity index (χ3v) is 1.24. The van der Waals surface area contributed by atoms with Gasteiger partial charge in [0, 0.05) is 12.5 Å². The lowest BCUT2D eigenvalue weighted by Crippen LogP contribution is -2.35. The van der Waals surface area contributed by atoms with Crippen LogP contribution in [0.15, 0.2) is 0 Å². The van der Waals surface area contributed by atoms with Crippen molar-refractivity contribution in [1.29, 1.82) is 0 Å². The molecular weight excluding hydrogens is 158 g/mol. The van der Waals surface area contributed by atoms with Crippen LogP contribution in [0.5, 0.6) is 0 Å². The molecule has 0 unspecified atom stereocenters. The molecule has 0 rings (SSSR count). The number of ether oxygens (including phenoxy) is 1. The van der Waals surface area contributed by atoms with Crippen LogP contribution in [0.1, 0.15) is 20.8 Å². The van der Waals surface area contributed by atoms with Crippen LogP contribution in [0, 0.1) is 5.41 Å². The highest BCUT2D eigenvalue weighted by Crippen LogP contribution is 2.11. The minimum Gasteiger partial charge on any atom is -0.382 e. The van der Waals surface area contributed by atoms with Gasteiger partial charge in [0.15, 0.2) is 0 Å². The summed E-state index contributed by atoms with van der Waals surface area (Å²) in [6.45, 7) is 6.31. The Morgan fingerprint density at radius 2 is 1.92 bits per heavy atom. The molecule has 0 atom stereocenters. The van der Waals surface area contributed by atoms with Gasteiger partial charge in [0.1, 0.15) is 0 Å². The Labute approximate surface area is 73.2 Å². The summed E-state index contributed by atoms with van der Waals surface area (Å²) >= 11 is 0. The van der Waals surface area contributed by atoms with E-state index in [0.29, 0.717) is 13.2 Å². The molecule has 0 fully saturated rings. The first kappa shape index (κ1) is 11.4. The van der Waals surface area contributed by atoms with Gasteiger partial charge in [-0.15, -0.1) is 0 Å². The van der Waals surface area contributed by atoms with E-state index in [-0.39, 0.29) is 5.91 Å². The molecule has 0 aliphatic carbocycles. The molecule has 0 heterocycles. The fraction of sp³-hybridized carbons (Fsp3) is 0.875. The lowest BCUT2D eigenvalue weighted by atomic mass is 9.96. The van der Waals surface area contributed by atoms with Crippen molar-refractivity contribution < 1.29 is 14.4 Å². The molecule has 72 valence electrons. The van der Waals surface area contributed by atoms with Gasteiger partial charge in [-0.25, -0.2) is 5.48 Å². The van der Waals surface area contributed by atoms with Crippen molar-refractivity contribution in [3.63, 3.8) is 0 Å². The highest BCUT2D eigenvalue weighted by Gasteiger charge is 2.20. The van der Waals surface area contributed by atoms with Crippen molar-refractivity contribution in [1.82, 2.24) is 5.48 Å². The third-order valence-electron chi connectivity index (χ3n) is 1.24. The molecule has 0 bridgehead atoms. The minimum atomic E-state index is -0.410. The second kappa shape index (κ2) is 5.11. The zero-order chi connectivity index (χ0) is 9.61. The van der Waals surface area contributed by atoms with E-state index in [1.54, 1.807) is 7.11 Å². The van der Waals surface area contributed by atoms with Gasteiger partial charge in [-0.1, -0.05) is 20.8 Å². The Balaban J connectivity index is 3.45. The first-order valence-electron chi connectivity index (χ1n) is 3.89. The lowest BCUT2D eigenvalue weighted by molar-refractivity contribution is -0.142. The number of amides is 1. The second-order valence-corrected chi connectivity index (χ2v) is 3.52. The maximum atomic E-state index is 11.2. The van der Waals surface area contributed by atoms with E-state index in [1.807, 2.05) is 20.8 Å². The Hall–Kier alpha value is -0.610. The van der Waals surface area contributed by atoms with E-state index in [4.69, 9.17) is 9.57 Å². The van der Waals surface area contributed by atoms with E-state index in [0.717, 1.165) is 0 Å². The fourth-order valence-corrected chi connectivity index (χ4v) is 0.395. The Morgan fingerprint density at radius 1 is 1.33 bits per heavy atom. The van der Waals surface area contributed by atoms with Crippen LogP contribution in [0.4, 0.5) is 0 Å². The average molecular weight is 175 g/mol. The summed E-state index contributed by atoms with van der Waals surface area (Å²) in [5, 5.41) is 0. The average Bonchev–Trinajstić information content (AvgIpc) is 1.96. The molecule has 4 nitrogen and oxygen atoms in total. The topological polar surface area (TPSA) is 47.6 Å². The van der Waals surface area contributed by atoms with Crippen molar-refractivity contribution in [2.24, 2.45) is 5.41 Å². The zero-order valence-corrected chi connectivity index (χ0v) is 8.14. The molecule has 1 amide bonds. The van der Waals surface area contributed by atoms with Gasteiger partial charge in [-0.3, -0.25) is 9.63 Å². The Bertz CT molecular complexity index is 140. The number of methoxy groups -OCH3 is 1. The van der Waals surface area contributed by atoms with Gasteiger partial charge in [-0.05, 0) is 0 Å². The number of nitrogens with one attached hydrogen (secondary N) is 1. The Kier molecular flexibility index (Phi) is 4.85. The van der Waals surface area contributed by atoms with Gasteiger partial charge in [0.2, 0.25) is 5.91 Å². The summed E-state index contributed by atoms with van der Waals surface area (Å²) in [6.07, 6.45) is 0. The fourth-order valence-electron chi connectivity index (χ4n) is 0.395. The van der Waals surface area contributed by atoms with Gasteiger partial charge in [-0.2, -0.15) is 0 Å². The van der Waals surface area contributed by atoms with Gasteiger partial charge < -0.3 is 4.74 Å². The van der Waals surface area contributed by atoms with Crippen LogP contribution in [-0.4, -0.2) is 26.2 Å². The summed E-state index contributed by atoms with van der Waals surface area (Å²) in [5.41, 5.74) is 1.93. The number of carbonyl (C=O) groups is 1. The summed E-state index contributed by atoms with van der Waals surface area (Å²) in [4.78, 5) is 16.0. The summed E-state index contributed by atoms with van der Waals surface area (Å²) < 4.78 is 4.73. The first-order valence-corrected chi connectivity index (χ1v) is 3.89. The van der Waals surface area contributed by atoms with Crippen molar-refractivity contribution >= 4 is 5.91 Å². The highest BCUT2D eigenvalue weighted by molar-refractivity contribution is 5.80. The van der Waals surface area contributed by atoms with E-state index >= 15 is 0 Å². The van der Waals surface area contributed by atoms with Crippen LogP contribution in [-0.2, 0) is 14.4 Å². The molecule has 0 aromatic heterocycles. The number of rotatable bonds is 4. The van der Waals surface area contributed by atoms with E-state index < -0.39 is 5.41 Å². The van der Waals surface area contributed by atoms with Crippen LogP contribution in [0.3, 0.4) is 0 Å². The number of hydrogen-bond acceptors (Lipinski definition) is 3. The van der Waals surface area contributed by atoms with Crippen LogP contribution in [0.2, 0.25) is 0 Å². The van der Waals surface area contributed by atoms with Gasteiger partial charge in [0.05, 0.1) is 13.2 Å². The summed E-state index contributed by atoms with van der Waals surface area (Å²) in [5.74, 6) is -0.126.